The molecule has 124 valence electrons. The number of nitrogens with one attached hydrogen (secondary N) is 2. The summed E-state index contributed by atoms with van der Waals surface area (Å²) in [6.45, 7) is 0. The molecule has 1 saturated carbocycles. The Balaban J connectivity index is 1.66. The van der Waals surface area contributed by atoms with E-state index in [1.165, 1.54) is 18.2 Å². The molecule has 3 rings (SSSR count). The van der Waals surface area contributed by atoms with Gasteiger partial charge in [0.25, 0.3) is 0 Å². The fourth-order valence-electron chi connectivity index (χ4n) is 2.72. The number of hydrogen-bond acceptors (Lipinski definition) is 4. The van der Waals surface area contributed by atoms with Crippen molar-refractivity contribution < 1.29 is 22.4 Å². The Morgan fingerprint density at radius 1 is 1.17 bits per heavy atom. The van der Waals surface area contributed by atoms with Gasteiger partial charge in [0.2, 0.25) is 11.8 Å². The molecular weight excluding hydrogens is 323 g/mol. The summed E-state index contributed by atoms with van der Waals surface area (Å²) in [6.07, 6.45) is 1.11. The topological polar surface area (TPSA) is 92.3 Å². The van der Waals surface area contributed by atoms with Gasteiger partial charge >= 0.3 is 0 Å². The van der Waals surface area contributed by atoms with E-state index in [4.69, 9.17) is 0 Å². The number of carbonyl (C=O) groups excluding carboxylic acids is 2. The summed E-state index contributed by atoms with van der Waals surface area (Å²) in [5, 5.41) is 5.09. The molecule has 0 aromatic heterocycles. The van der Waals surface area contributed by atoms with Crippen LogP contribution in [0, 0.1) is 11.2 Å². The predicted molar refractivity (Wildman–Crippen MR) is 81.9 cm³/mol. The third kappa shape index (κ3) is 3.21. The van der Waals surface area contributed by atoms with Crippen molar-refractivity contribution in [3.63, 3.8) is 0 Å². The second kappa shape index (κ2) is 5.59. The molecule has 2 aliphatic rings. The van der Waals surface area contributed by atoms with Gasteiger partial charge in [-0.25, -0.2) is 12.8 Å². The number of sulfone groups is 1. The summed E-state index contributed by atoms with van der Waals surface area (Å²) in [5.74, 6) is -1.65. The van der Waals surface area contributed by atoms with Crippen LogP contribution in [0.3, 0.4) is 0 Å². The number of halogens is 1. The lowest BCUT2D eigenvalue weighted by atomic mass is 10.0. The van der Waals surface area contributed by atoms with E-state index in [0.29, 0.717) is 19.3 Å². The minimum absolute atomic E-state index is 0.0278. The van der Waals surface area contributed by atoms with Gasteiger partial charge in [0.15, 0.2) is 9.84 Å². The van der Waals surface area contributed by atoms with Crippen molar-refractivity contribution in [1.82, 2.24) is 5.32 Å². The minimum Gasteiger partial charge on any atom is -0.351 e. The molecule has 2 fully saturated rings. The van der Waals surface area contributed by atoms with Gasteiger partial charge in [0, 0.05) is 6.04 Å². The molecule has 1 aromatic carbocycles. The van der Waals surface area contributed by atoms with Crippen LogP contribution < -0.4 is 10.6 Å². The first kappa shape index (κ1) is 15.9. The molecule has 6 nitrogen and oxygen atoms in total. The maximum absolute atomic E-state index is 13.6. The third-order valence-electron chi connectivity index (χ3n) is 4.31. The monoisotopic (exact) mass is 340 g/mol. The molecule has 1 unspecified atom stereocenters. The predicted octanol–water partition coefficient (Wildman–Crippen LogP) is 0.848. The second-order valence-corrected chi connectivity index (χ2v) is 8.32. The fraction of sp³-hybridized carbons (Fsp3) is 0.467. The van der Waals surface area contributed by atoms with Crippen molar-refractivity contribution in [3.8, 4) is 0 Å². The zero-order valence-corrected chi connectivity index (χ0v) is 13.2. The molecule has 23 heavy (non-hydrogen) atoms. The zero-order valence-electron chi connectivity index (χ0n) is 12.3. The Labute approximate surface area is 133 Å². The van der Waals surface area contributed by atoms with E-state index in [2.05, 4.69) is 10.6 Å². The summed E-state index contributed by atoms with van der Waals surface area (Å²) in [4.78, 5) is 24.7. The Hall–Kier alpha value is -1.96. The first-order chi connectivity index (χ1) is 10.8. The number of hydrogen-bond donors (Lipinski definition) is 2. The van der Waals surface area contributed by atoms with E-state index >= 15 is 0 Å². The molecule has 2 N–H and O–H groups in total. The average molecular weight is 340 g/mol. The van der Waals surface area contributed by atoms with E-state index in [1.54, 1.807) is 6.07 Å². The number of amides is 2. The molecule has 0 radical (unpaired) electrons. The van der Waals surface area contributed by atoms with Crippen LogP contribution in [0.25, 0.3) is 0 Å². The molecule has 1 saturated heterocycles. The smallest absolute Gasteiger partial charge is 0.240 e. The van der Waals surface area contributed by atoms with Crippen LogP contribution in [-0.4, -0.2) is 37.8 Å². The van der Waals surface area contributed by atoms with Gasteiger partial charge in [0.05, 0.1) is 17.2 Å². The summed E-state index contributed by atoms with van der Waals surface area (Å²) in [6, 6.07) is 5.28. The highest BCUT2D eigenvalue weighted by molar-refractivity contribution is 7.91. The molecule has 1 heterocycles. The van der Waals surface area contributed by atoms with Gasteiger partial charge in [-0.2, -0.15) is 0 Å². The minimum atomic E-state index is -3.11. The van der Waals surface area contributed by atoms with E-state index in [0.717, 1.165) is 0 Å². The van der Waals surface area contributed by atoms with Crippen molar-refractivity contribution in [2.24, 2.45) is 5.41 Å². The first-order valence-corrected chi connectivity index (χ1v) is 9.22. The zero-order chi connectivity index (χ0) is 16.7. The number of carbonyl (C=O) groups is 2. The number of para-hydroxylation sites is 1. The van der Waals surface area contributed by atoms with Crippen molar-refractivity contribution in [2.75, 3.05) is 16.8 Å². The second-order valence-electron chi connectivity index (χ2n) is 6.09. The van der Waals surface area contributed by atoms with Crippen LogP contribution in [-0.2, 0) is 19.4 Å². The van der Waals surface area contributed by atoms with Gasteiger partial charge in [-0.05, 0) is 31.4 Å². The van der Waals surface area contributed by atoms with Crippen molar-refractivity contribution in [1.29, 1.82) is 0 Å². The number of benzene rings is 1. The summed E-state index contributed by atoms with van der Waals surface area (Å²) in [7, 11) is -3.11. The summed E-state index contributed by atoms with van der Waals surface area (Å²) in [5.41, 5.74) is -1.19. The lowest BCUT2D eigenvalue weighted by Gasteiger charge is -2.18. The maximum Gasteiger partial charge on any atom is 0.240 e. The van der Waals surface area contributed by atoms with Gasteiger partial charge < -0.3 is 10.6 Å². The van der Waals surface area contributed by atoms with Gasteiger partial charge in [0.1, 0.15) is 11.2 Å². The van der Waals surface area contributed by atoms with Crippen LogP contribution in [0.15, 0.2) is 24.3 Å². The van der Waals surface area contributed by atoms with Gasteiger partial charge in [-0.15, -0.1) is 0 Å². The summed E-state index contributed by atoms with van der Waals surface area (Å²) < 4.78 is 36.4. The Morgan fingerprint density at radius 2 is 1.87 bits per heavy atom. The highest BCUT2D eigenvalue weighted by atomic mass is 32.2. The standard InChI is InChI=1S/C15H17FN2O4S/c16-11-3-1-2-4-12(11)18-14(20)15(6-7-15)13(19)17-10-5-8-23(21,22)9-10/h1-4,10H,5-9H2,(H,17,19)(H,18,20). The Bertz CT molecular complexity index is 758. The van der Waals surface area contributed by atoms with E-state index in [1.807, 2.05) is 0 Å². The molecule has 1 atom stereocenters. The van der Waals surface area contributed by atoms with Crippen LogP contribution >= 0.6 is 0 Å². The fourth-order valence-corrected chi connectivity index (χ4v) is 4.39. The lowest BCUT2D eigenvalue weighted by Crippen LogP contribution is -2.45. The molecule has 2 amide bonds. The van der Waals surface area contributed by atoms with Crippen LogP contribution in [0.2, 0.25) is 0 Å². The summed E-state index contributed by atoms with van der Waals surface area (Å²) >= 11 is 0. The highest BCUT2D eigenvalue weighted by Gasteiger charge is 2.57. The van der Waals surface area contributed by atoms with Crippen molar-refractivity contribution in [3.05, 3.63) is 30.1 Å². The maximum atomic E-state index is 13.6. The molecule has 0 bridgehead atoms. The van der Waals surface area contributed by atoms with Crippen LogP contribution in [0.1, 0.15) is 19.3 Å². The van der Waals surface area contributed by atoms with Gasteiger partial charge in [-0.1, -0.05) is 12.1 Å². The van der Waals surface area contributed by atoms with Gasteiger partial charge in [-0.3, -0.25) is 9.59 Å². The largest absolute Gasteiger partial charge is 0.351 e. The Kier molecular flexibility index (Phi) is 3.87. The molecule has 8 heteroatoms. The quantitative estimate of drug-likeness (QED) is 0.795. The van der Waals surface area contributed by atoms with E-state index in [-0.39, 0.29) is 17.2 Å². The first-order valence-electron chi connectivity index (χ1n) is 7.40. The van der Waals surface area contributed by atoms with Crippen LogP contribution in [0.5, 0.6) is 0 Å². The van der Waals surface area contributed by atoms with Crippen molar-refractivity contribution in [2.45, 2.75) is 25.3 Å². The number of anilines is 1. The third-order valence-corrected chi connectivity index (χ3v) is 6.08. The molecule has 1 aromatic rings. The van der Waals surface area contributed by atoms with Crippen LogP contribution in [0.4, 0.5) is 10.1 Å². The van der Waals surface area contributed by atoms with E-state index in [9.17, 15) is 22.4 Å². The average Bonchev–Trinajstić information content (AvgIpc) is 3.22. The molecule has 0 spiro atoms. The van der Waals surface area contributed by atoms with E-state index < -0.39 is 38.9 Å². The lowest BCUT2D eigenvalue weighted by molar-refractivity contribution is -0.134. The Morgan fingerprint density at radius 3 is 2.43 bits per heavy atom. The molecule has 1 aliphatic carbocycles. The SMILES string of the molecule is O=C(Nc1ccccc1F)C1(C(=O)NC2CCS(=O)(=O)C2)CC1. The highest BCUT2D eigenvalue weighted by Crippen LogP contribution is 2.47. The number of rotatable bonds is 4. The molecular formula is C15H17FN2O4S. The van der Waals surface area contributed by atoms with Crippen molar-refractivity contribution >= 4 is 27.3 Å². The molecule has 1 aliphatic heterocycles. The normalized spacial score (nSPS) is 24.0.